The molecule has 5 heteroatoms. The number of nitrogens with one attached hydrogen (secondary N) is 1. The molecule has 1 unspecified atom stereocenters. The van der Waals surface area contributed by atoms with Gasteiger partial charge in [-0.2, -0.15) is 0 Å². The van der Waals surface area contributed by atoms with Gasteiger partial charge in [-0.3, -0.25) is 4.79 Å². The maximum atomic E-state index is 12.2. The average Bonchev–Trinajstić information content (AvgIpc) is 2.65. The van der Waals surface area contributed by atoms with E-state index >= 15 is 0 Å². The minimum absolute atomic E-state index is 0.0563. The molecular weight excluding hydrogens is 334 g/mol. The Balaban J connectivity index is 1.73. The SMILES string of the molecule is COc1ccc(SC(C)C(=O)NCCCc2ccccc2OC)cc1. The summed E-state index contributed by atoms with van der Waals surface area (Å²) in [7, 11) is 3.32. The van der Waals surface area contributed by atoms with Gasteiger partial charge in [-0.05, 0) is 55.7 Å². The lowest BCUT2D eigenvalue weighted by atomic mass is 10.1. The van der Waals surface area contributed by atoms with Crippen molar-refractivity contribution in [1.29, 1.82) is 0 Å². The van der Waals surface area contributed by atoms with Crippen LogP contribution in [-0.4, -0.2) is 31.9 Å². The maximum Gasteiger partial charge on any atom is 0.233 e. The van der Waals surface area contributed by atoms with E-state index in [1.165, 1.54) is 5.56 Å². The number of amides is 1. The number of aryl methyl sites for hydroxylation is 1. The quantitative estimate of drug-likeness (QED) is 0.544. The Morgan fingerprint density at radius 1 is 1.08 bits per heavy atom. The Morgan fingerprint density at radius 3 is 2.48 bits per heavy atom. The summed E-state index contributed by atoms with van der Waals surface area (Å²) in [5, 5.41) is 2.87. The van der Waals surface area contributed by atoms with Crippen LogP contribution in [0.2, 0.25) is 0 Å². The highest BCUT2D eigenvalue weighted by molar-refractivity contribution is 8.00. The van der Waals surface area contributed by atoms with Crippen molar-refractivity contribution in [3.8, 4) is 11.5 Å². The van der Waals surface area contributed by atoms with E-state index in [4.69, 9.17) is 9.47 Å². The highest BCUT2D eigenvalue weighted by Gasteiger charge is 2.14. The fourth-order valence-electron chi connectivity index (χ4n) is 2.46. The van der Waals surface area contributed by atoms with Gasteiger partial charge in [0.15, 0.2) is 0 Å². The molecule has 0 bridgehead atoms. The van der Waals surface area contributed by atoms with E-state index in [9.17, 15) is 4.79 Å². The van der Waals surface area contributed by atoms with Gasteiger partial charge in [0.25, 0.3) is 0 Å². The van der Waals surface area contributed by atoms with Gasteiger partial charge in [0.1, 0.15) is 11.5 Å². The Kier molecular flexibility index (Phi) is 7.67. The normalized spacial score (nSPS) is 11.6. The minimum atomic E-state index is -0.139. The van der Waals surface area contributed by atoms with E-state index in [0.29, 0.717) is 6.54 Å². The first-order valence-electron chi connectivity index (χ1n) is 8.34. The van der Waals surface area contributed by atoms with E-state index in [2.05, 4.69) is 11.4 Å². The van der Waals surface area contributed by atoms with Crippen LogP contribution >= 0.6 is 11.8 Å². The van der Waals surface area contributed by atoms with Crippen molar-refractivity contribution in [2.75, 3.05) is 20.8 Å². The molecule has 2 aromatic carbocycles. The Labute approximate surface area is 153 Å². The molecule has 1 atom stereocenters. The van der Waals surface area contributed by atoms with E-state index in [1.54, 1.807) is 26.0 Å². The predicted octanol–water partition coefficient (Wildman–Crippen LogP) is 3.93. The third-order valence-corrected chi connectivity index (χ3v) is 4.97. The topological polar surface area (TPSA) is 47.6 Å². The van der Waals surface area contributed by atoms with Crippen molar-refractivity contribution in [3.63, 3.8) is 0 Å². The van der Waals surface area contributed by atoms with Gasteiger partial charge in [0.05, 0.1) is 19.5 Å². The largest absolute Gasteiger partial charge is 0.497 e. The first-order valence-corrected chi connectivity index (χ1v) is 9.22. The molecule has 134 valence electrons. The number of rotatable bonds is 9. The maximum absolute atomic E-state index is 12.2. The van der Waals surface area contributed by atoms with Crippen LogP contribution in [0.4, 0.5) is 0 Å². The van der Waals surface area contributed by atoms with Crippen LogP contribution in [0.3, 0.4) is 0 Å². The van der Waals surface area contributed by atoms with E-state index in [0.717, 1.165) is 29.2 Å². The van der Waals surface area contributed by atoms with E-state index in [-0.39, 0.29) is 11.2 Å². The third kappa shape index (κ3) is 6.02. The summed E-state index contributed by atoms with van der Waals surface area (Å²) >= 11 is 1.54. The number of methoxy groups -OCH3 is 2. The zero-order valence-electron chi connectivity index (χ0n) is 15.0. The molecule has 4 nitrogen and oxygen atoms in total. The summed E-state index contributed by atoms with van der Waals surface area (Å²) in [6, 6.07) is 15.7. The number of benzene rings is 2. The molecule has 0 aliphatic carbocycles. The Morgan fingerprint density at radius 2 is 1.80 bits per heavy atom. The Bertz CT molecular complexity index is 673. The molecule has 0 aliphatic rings. The molecule has 0 fully saturated rings. The van der Waals surface area contributed by atoms with Crippen LogP contribution in [0.5, 0.6) is 11.5 Å². The summed E-state index contributed by atoms with van der Waals surface area (Å²) < 4.78 is 10.5. The second-order valence-corrected chi connectivity index (χ2v) is 7.06. The van der Waals surface area contributed by atoms with Crippen LogP contribution < -0.4 is 14.8 Å². The van der Waals surface area contributed by atoms with Crippen molar-refractivity contribution in [2.45, 2.75) is 29.9 Å². The monoisotopic (exact) mass is 359 g/mol. The molecule has 0 spiro atoms. The van der Waals surface area contributed by atoms with E-state index in [1.807, 2.05) is 49.4 Å². The zero-order valence-corrected chi connectivity index (χ0v) is 15.8. The lowest BCUT2D eigenvalue weighted by Gasteiger charge is -2.13. The molecule has 25 heavy (non-hydrogen) atoms. The third-order valence-electron chi connectivity index (χ3n) is 3.86. The average molecular weight is 359 g/mol. The number of thioether (sulfide) groups is 1. The van der Waals surface area contributed by atoms with Gasteiger partial charge in [0, 0.05) is 11.4 Å². The van der Waals surface area contributed by atoms with Crippen molar-refractivity contribution >= 4 is 17.7 Å². The van der Waals surface area contributed by atoms with Crippen molar-refractivity contribution in [3.05, 3.63) is 54.1 Å². The highest BCUT2D eigenvalue weighted by atomic mass is 32.2. The fraction of sp³-hybridized carbons (Fsp3) is 0.350. The lowest BCUT2D eigenvalue weighted by molar-refractivity contribution is -0.120. The molecule has 0 radical (unpaired) electrons. The van der Waals surface area contributed by atoms with Gasteiger partial charge < -0.3 is 14.8 Å². The van der Waals surface area contributed by atoms with Crippen molar-refractivity contribution in [1.82, 2.24) is 5.32 Å². The van der Waals surface area contributed by atoms with Gasteiger partial charge >= 0.3 is 0 Å². The first kappa shape index (κ1) is 19.2. The van der Waals surface area contributed by atoms with Crippen molar-refractivity contribution < 1.29 is 14.3 Å². The zero-order chi connectivity index (χ0) is 18.1. The molecule has 1 amide bonds. The van der Waals surface area contributed by atoms with Gasteiger partial charge in [-0.15, -0.1) is 11.8 Å². The van der Waals surface area contributed by atoms with Crippen LogP contribution in [0.1, 0.15) is 18.9 Å². The van der Waals surface area contributed by atoms with E-state index < -0.39 is 0 Å². The fourth-order valence-corrected chi connectivity index (χ4v) is 3.35. The summed E-state index contributed by atoms with van der Waals surface area (Å²) in [6.45, 7) is 2.58. The molecule has 0 aromatic heterocycles. The predicted molar refractivity (Wildman–Crippen MR) is 103 cm³/mol. The van der Waals surface area contributed by atoms with Gasteiger partial charge in [-0.25, -0.2) is 0 Å². The molecule has 0 saturated carbocycles. The van der Waals surface area contributed by atoms with Gasteiger partial charge in [-0.1, -0.05) is 18.2 Å². The summed E-state index contributed by atoms with van der Waals surface area (Å²) in [5.41, 5.74) is 1.17. The number of hydrogen-bond donors (Lipinski definition) is 1. The van der Waals surface area contributed by atoms with Crippen LogP contribution in [0, 0.1) is 0 Å². The number of ether oxygens (including phenoxy) is 2. The number of carbonyl (C=O) groups is 1. The van der Waals surface area contributed by atoms with Gasteiger partial charge in [0.2, 0.25) is 5.91 Å². The molecule has 0 saturated heterocycles. The number of carbonyl (C=O) groups excluding carboxylic acids is 1. The smallest absolute Gasteiger partial charge is 0.233 e. The standard InChI is InChI=1S/C20H25NO3S/c1-15(25-18-12-10-17(23-2)11-13-18)20(22)21-14-6-8-16-7-4-5-9-19(16)24-3/h4-5,7,9-13,15H,6,8,14H2,1-3H3,(H,21,22). The summed E-state index contributed by atoms with van der Waals surface area (Å²) in [5.74, 6) is 1.77. The second kappa shape index (κ2) is 9.99. The number of hydrogen-bond acceptors (Lipinski definition) is 4. The van der Waals surface area contributed by atoms with Crippen LogP contribution in [0.15, 0.2) is 53.4 Å². The van der Waals surface area contributed by atoms with Crippen LogP contribution in [0.25, 0.3) is 0 Å². The summed E-state index contributed by atoms with van der Waals surface area (Å²) in [6.07, 6.45) is 1.76. The first-order chi connectivity index (χ1) is 12.1. The molecule has 1 N–H and O–H groups in total. The minimum Gasteiger partial charge on any atom is -0.497 e. The van der Waals surface area contributed by atoms with Crippen LogP contribution in [-0.2, 0) is 11.2 Å². The number of para-hydroxylation sites is 1. The molecular formula is C20H25NO3S. The Hall–Kier alpha value is -2.14. The molecule has 0 heterocycles. The molecule has 0 aliphatic heterocycles. The molecule has 2 rings (SSSR count). The summed E-state index contributed by atoms with van der Waals surface area (Å²) in [4.78, 5) is 13.3. The van der Waals surface area contributed by atoms with Crippen molar-refractivity contribution in [2.24, 2.45) is 0 Å². The second-order valence-electron chi connectivity index (χ2n) is 5.64. The highest BCUT2D eigenvalue weighted by Crippen LogP contribution is 2.25. The molecule has 2 aromatic rings. The lowest BCUT2D eigenvalue weighted by Crippen LogP contribution is -2.31.